The minimum atomic E-state index is -4.44. The first-order valence-electron chi connectivity index (χ1n) is 7.01. The predicted molar refractivity (Wildman–Crippen MR) is 77.7 cm³/mol. The van der Waals surface area contributed by atoms with E-state index in [0.29, 0.717) is 37.4 Å². The lowest BCUT2D eigenvalue weighted by molar-refractivity contribution is -0.137. The van der Waals surface area contributed by atoms with E-state index < -0.39 is 11.7 Å². The van der Waals surface area contributed by atoms with Gasteiger partial charge in [-0.2, -0.15) is 13.2 Å². The Labute approximate surface area is 126 Å². The van der Waals surface area contributed by atoms with Gasteiger partial charge in [0.2, 0.25) is 0 Å². The van der Waals surface area contributed by atoms with Crippen molar-refractivity contribution in [2.75, 3.05) is 31.2 Å². The van der Waals surface area contributed by atoms with Crippen LogP contribution in [0.3, 0.4) is 0 Å². The summed E-state index contributed by atoms with van der Waals surface area (Å²) in [5.41, 5.74) is 0.481. The zero-order valence-corrected chi connectivity index (χ0v) is 11.8. The van der Waals surface area contributed by atoms with Crippen LogP contribution in [0.1, 0.15) is 5.56 Å². The highest BCUT2D eigenvalue weighted by atomic mass is 19.4. The largest absolute Gasteiger partial charge is 0.419 e. The summed E-state index contributed by atoms with van der Waals surface area (Å²) in [5, 5.41) is 0. The van der Waals surface area contributed by atoms with Crippen LogP contribution in [0, 0.1) is 0 Å². The molecular formula is C16H15F3N2O. The molecule has 0 spiro atoms. The summed E-state index contributed by atoms with van der Waals surface area (Å²) in [6.07, 6.45) is -2.94. The van der Waals surface area contributed by atoms with Crippen LogP contribution in [0.2, 0.25) is 0 Å². The van der Waals surface area contributed by atoms with Gasteiger partial charge in [0.15, 0.2) is 0 Å². The van der Waals surface area contributed by atoms with Gasteiger partial charge in [0.05, 0.1) is 18.8 Å². The van der Waals surface area contributed by atoms with Crippen molar-refractivity contribution in [1.82, 2.24) is 4.98 Å². The van der Waals surface area contributed by atoms with Gasteiger partial charge in [-0.15, -0.1) is 0 Å². The third-order valence-corrected chi connectivity index (χ3v) is 3.59. The third kappa shape index (κ3) is 3.06. The summed E-state index contributed by atoms with van der Waals surface area (Å²) in [6.45, 7) is 1.67. The number of rotatable bonds is 2. The first kappa shape index (κ1) is 14.8. The van der Waals surface area contributed by atoms with Gasteiger partial charge in [0.25, 0.3) is 0 Å². The quantitative estimate of drug-likeness (QED) is 0.847. The molecule has 2 heterocycles. The number of ether oxygens (including phenoxy) is 1. The number of halogens is 3. The van der Waals surface area contributed by atoms with Gasteiger partial charge in [-0.25, -0.2) is 4.98 Å². The summed E-state index contributed by atoms with van der Waals surface area (Å²) in [6, 6.07) is 10.1. The van der Waals surface area contributed by atoms with Crippen molar-refractivity contribution in [3.63, 3.8) is 0 Å². The van der Waals surface area contributed by atoms with Crippen molar-refractivity contribution < 1.29 is 17.9 Å². The molecule has 1 aromatic carbocycles. The number of anilines is 1. The van der Waals surface area contributed by atoms with Crippen LogP contribution in [0.5, 0.6) is 0 Å². The highest BCUT2D eigenvalue weighted by Gasteiger charge is 2.36. The summed E-state index contributed by atoms with van der Waals surface area (Å²) in [5.74, 6) is -0.0181. The van der Waals surface area contributed by atoms with Crippen LogP contribution in [-0.2, 0) is 10.9 Å². The summed E-state index contributed by atoms with van der Waals surface area (Å²) in [7, 11) is 0. The molecule has 3 nitrogen and oxygen atoms in total. The zero-order chi connectivity index (χ0) is 15.6. The molecule has 22 heavy (non-hydrogen) atoms. The Hall–Kier alpha value is -2.08. The standard InChI is InChI=1S/C16H15F3N2O/c17-16(18,19)14-10-13(12-4-2-1-3-5-12)11-20-15(14)21-6-8-22-9-7-21/h1-5,10-11H,6-9H2. The molecule has 2 aromatic rings. The first-order chi connectivity index (χ1) is 10.6. The monoisotopic (exact) mass is 308 g/mol. The van der Waals surface area contributed by atoms with Crippen LogP contribution >= 0.6 is 0 Å². The average molecular weight is 308 g/mol. The Bertz CT molecular complexity index is 638. The van der Waals surface area contributed by atoms with Crippen molar-refractivity contribution in [3.8, 4) is 11.1 Å². The molecule has 1 saturated heterocycles. The van der Waals surface area contributed by atoms with Crippen molar-refractivity contribution >= 4 is 5.82 Å². The van der Waals surface area contributed by atoms with Crippen LogP contribution in [0.25, 0.3) is 11.1 Å². The highest BCUT2D eigenvalue weighted by molar-refractivity contribution is 5.66. The Balaban J connectivity index is 2.04. The van der Waals surface area contributed by atoms with E-state index in [9.17, 15) is 13.2 Å². The second-order valence-electron chi connectivity index (χ2n) is 5.06. The Morgan fingerprint density at radius 2 is 1.68 bits per heavy atom. The molecule has 0 unspecified atom stereocenters. The summed E-state index contributed by atoms with van der Waals surface area (Å²) < 4.78 is 45.4. The lowest BCUT2D eigenvalue weighted by atomic mass is 10.0. The van der Waals surface area contributed by atoms with Crippen molar-refractivity contribution in [2.45, 2.75) is 6.18 Å². The summed E-state index contributed by atoms with van der Waals surface area (Å²) in [4.78, 5) is 5.72. The Morgan fingerprint density at radius 3 is 2.32 bits per heavy atom. The predicted octanol–water partition coefficient (Wildman–Crippen LogP) is 3.60. The lowest BCUT2D eigenvalue weighted by Crippen LogP contribution is -2.38. The third-order valence-electron chi connectivity index (χ3n) is 3.59. The second-order valence-corrected chi connectivity index (χ2v) is 5.06. The van der Waals surface area contributed by atoms with E-state index in [1.807, 2.05) is 6.07 Å². The molecule has 1 aliphatic rings. The number of benzene rings is 1. The van der Waals surface area contributed by atoms with Crippen LogP contribution in [0.4, 0.5) is 19.0 Å². The maximum atomic E-state index is 13.4. The minimum absolute atomic E-state index is 0.0181. The fraction of sp³-hybridized carbons (Fsp3) is 0.312. The Morgan fingerprint density at radius 1 is 1.00 bits per heavy atom. The zero-order valence-electron chi connectivity index (χ0n) is 11.8. The van der Waals surface area contributed by atoms with Crippen LogP contribution in [-0.4, -0.2) is 31.3 Å². The van der Waals surface area contributed by atoms with Crippen LogP contribution in [0.15, 0.2) is 42.6 Å². The van der Waals surface area contributed by atoms with Gasteiger partial charge in [-0.05, 0) is 11.6 Å². The van der Waals surface area contributed by atoms with E-state index >= 15 is 0 Å². The topological polar surface area (TPSA) is 25.4 Å². The first-order valence-corrected chi connectivity index (χ1v) is 7.01. The molecule has 0 saturated carbocycles. The van der Waals surface area contributed by atoms with Crippen LogP contribution < -0.4 is 4.90 Å². The molecule has 6 heteroatoms. The SMILES string of the molecule is FC(F)(F)c1cc(-c2ccccc2)cnc1N1CCOCC1. The normalized spacial score (nSPS) is 15.9. The number of aromatic nitrogens is 1. The molecule has 0 atom stereocenters. The smallest absolute Gasteiger partial charge is 0.378 e. The van der Waals surface area contributed by atoms with Gasteiger partial charge < -0.3 is 9.64 Å². The fourth-order valence-corrected chi connectivity index (χ4v) is 2.48. The fourth-order valence-electron chi connectivity index (χ4n) is 2.48. The molecule has 0 bridgehead atoms. The molecule has 0 N–H and O–H groups in total. The van der Waals surface area contributed by atoms with E-state index in [-0.39, 0.29) is 5.82 Å². The highest BCUT2D eigenvalue weighted by Crippen LogP contribution is 2.37. The molecule has 1 fully saturated rings. The molecular weight excluding hydrogens is 293 g/mol. The molecule has 1 aromatic heterocycles. The van der Waals surface area contributed by atoms with Crippen molar-refractivity contribution in [2.24, 2.45) is 0 Å². The molecule has 3 rings (SSSR count). The van der Waals surface area contributed by atoms with Gasteiger partial charge in [0, 0.05) is 24.8 Å². The molecule has 0 amide bonds. The number of alkyl halides is 3. The molecule has 0 aliphatic carbocycles. The number of hydrogen-bond donors (Lipinski definition) is 0. The van der Waals surface area contributed by atoms with Gasteiger partial charge in [0.1, 0.15) is 5.82 Å². The number of morpholine rings is 1. The van der Waals surface area contributed by atoms with E-state index in [1.165, 1.54) is 12.3 Å². The summed E-state index contributed by atoms with van der Waals surface area (Å²) >= 11 is 0. The number of pyridine rings is 1. The maximum absolute atomic E-state index is 13.4. The van der Waals surface area contributed by atoms with E-state index in [0.717, 1.165) is 0 Å². The van der Waals surface area contributed by atoms with Gasteiger partial charge in [-0.3, -0.25) is 0 Å². The van der Waals surface area contributed by atoms with Gasteiger partial charge in [-0.1, -0.05) is 30.3 Å². The van der Waals surface area contributed by atoms with E-state index in [2.05, 4.69) is 4.98 Å². The van der Waals surface area contributed by atoms with Crippen molar-refractivity contribution in [3.05, 3.63) is 48.2 Å². The molecule has 116 valence electrons. The van der Waals surface area contributed by atoms with Gasteiger partial charge >= 0.3 is 6.18 Å². The van der Waals surface area contributed by atoms with Crippen molar-refractivity contribution in [1.29, 1.82) is 0 Å². The Kier molecular flexibility index (Phi) is 4.02. The maximum Gasteiger partial charge on any atom is 0.419 e. The molecule has 0 radical (unpaired) electrons. The molecule has 1 aliphatic heterocycles. The minimum Gasteiger partial charge on any atom is -0.378 e. The average Bonchev–Trinajstić information content (AvgIpc) is 2.55. The number of nitrogens with zero attached hydrogens (tertiary/aromatic N) is 2. The van der Waals surface area contributed by atoms with E-state index in [4.69, 9.17) is 4.74 Å². The van der Waals surface area contributed by atoms with E-state index in [1.54, 1.807) is 29.2 Å². The lowest BCUT2D eigenvalue weighted by Gasteiger charge is -2.30. The second kappa shape index (κ2) is 5.96. The number of hydrogen-bond acceptors (Lipinski definition) is 3.